The van der Waals surface area contributed by atoms with E-state index < -0.39 is 0 Å². The van der Waals surface area contributed by atoms with Crippen molar-refractivity contribution < 1.29 is 9.53 Å². The van der Waals surface area contributed by atoms with Crippen LogP contribution in [0.5, 0.6) is 5.75 Å². The third-order valence-electron chi connectivity index (χ3n) is 3.06. The number of fused-ring (bicyclic) bond motifs is 3. The number of ether oxygens (including phenoxy) is 1. The van der Waals surface area contributed by atoms with Crippen molar-refractivity contribution in [3.63, 3.8) is 0 Å². The Morgan fingerprint density at radius 1 is 1.24 bits per heavy atom. The van der Waals surface area contributed by atoms with Crippen molar-refractivity contribution in [2.24, 2.45) is 0 Å². The molecule has 1 aromatic carbocycles. The second-order valence-corrected chi connectivity index (χ2v) is 4.11. The van der Waals surface area contributed by atoms with E-state index in [4.69, 9.17) is 4.74 Å². The molecule has 1 aliphatic heterocycles. The number of rotatable bonds is 1. The van der Waals surface area contributed by atoms with Crippen LogP contribution in [0.4, 0.5) is 0 Å². The van der Waals surface area contributed by atoms with Crippen LogP contribution in [-0.4, -0.2) is 16.5 Å². The largest absolute Gasteiger partial charge is 0.480 e. The number of ketones is 1. The molecule has 0 N–H and O–H groups in total. The van der Waals surface area contributed by atoms with Crippen LogP contribution in [-0.2, 0) is 0 Å². The summed E-state index contributed by atoms with van der Waals surface area (Å²) in [4.78, 5) is 12.3. The Hall–Kier alpha value is -2.03. The molecule has 17 heavy (non-hydrogen) atoms. The third kappa shape index (κ3) is 1.46. The summed E-state index contributed by atoms with van der Waals surface area (Å²) in [6, 6.07) is 11.5. The van der Waals surface area contributed by atoms with E-state index in [1.54, 1.807) is 0 Å². The molecule has 0 spiro atoms. The van der Waals surface area contributed by atoms with E-state index in [0.29, 0.717) is 12.1 Å². The summed E-state index contributed by atoms with van der Waals surface area (Å²) in [7, 11) is 0. The Kier molecular flexibility index (Phi) is 2.25. The Balaban J connectivity index is 2.25. The first-order valence-electron chi connectivity index (χ1n) is 5.79. The molecule has 1 aliphatic rings. The van der Waals surface area contributed by atoms with Gasteiger partial charge in [-0.25, -0.2) is 0 Å². The van der Waals surface area contributed by atoms with Crippen molar-refractivity contribution in [3.8, 4) is 11.4 Å². The fourth-order valence-electron chi connectivity index (χ4n) is 2.19. The molecule has 2 aromatic rings. The van der Waals surface area contributed by atoms with Crippen molar-refractivity contribution in [3.05, 3.63) is 48.3 Å². The minimum Gasteiger partial charge on any atom is -0.480 e. The molecule has 0 fully saturated rings. The lowest BCUT2D eigenvalue weighted by Crippen LogP contribution is -2.25. The number of nitrogens with zero attached hydrogens (tertiary/aromatic N) is 1. The fraction of sp³-hybridized carbons (Fsp3) is 0.214. The van der Waals surface area contributed by atoms with Gasteiger partial charge < -0.3 is 9.30 Å². The molecule has 0 radical (unpaired) electrons. The highest BCUT2D eigenvalue weighted by molar-refractivity contribution is 5.99. The number of benzene rings is 1. The van der Waals surface area contributed by atoms with Crippen molar-refractivity contribution >= 4 is 5.78 Å². The molecular formula is C14H13NO2. The van der Waals surface area contributed by atoms with Crippen LogP contribution in [0.2, 0.25) is 0 Å². The lowest BCUT2D eigenvalue weighted by atomic mass is 10.1. The quantitative estimate of drug-likeness (QED) is 0.750. The van der Waals surface area contributed by atoms with Crippen LogP contribution in [0.1, 0.15) is 23.8 Å². The molecule has 1 unspecified atom stereocenters. The molecule has 0 bridgehead atoms. The van der Waals surface area contributed by atoms with E-state index in [9.17, 15) is 4.79 Å². The highest BCUT2D eigenvalue weighted by atomic mass is 16.5. The van der Waals surface area contributed by atoms with Gasteiger partial charge in [0.15, 0.2) is 6.10 Å². The van der Waals surface area contributed by atoms with Crippen LogP contribution in [0.3, 0.4) is 0 Å². The molecule has 0 aliphatic carbocycles. The Bertz CT molecular complexity index is 571. The van der Waals surface area contributed by atoms with Gasteiger partial charge in [0.05, 0.1) is 11.4 Å². The van der Waals surface area contributed by atoms with Crippen LogP contribution in [0.15, 0.2) is 42.6 Å². The highest BCUT2D eigenvalue weighted by Crippen LogP contribution is 2.30. The molecule has 3 rings (SSSR count). The van der Waals surface area contributed by atoms with Gasteiger partial charge in [-0.2, -0.15) is 0 Å². The van der Waals surface area contributed by atoms with Gasteiger partial charge in [0.2, 0.25) is 5.78 Å². The van der Waals surface area contributed by atoms with E-state index >= 15 is 0 Å². The van der Waals surface area contributed by atoms with Gasteiger partial charge in [0, 0.05) is 6.20 Å². The van der Waals surface area contributed by atoms with Gasteiger partial charge in [-0.05, 0) is 30.7 Å². The zero-order valence-corrected chi connectivity index (χ0v) is 9.59. The Morgan fingerprint density at radius 3 is 2.88 bits per heavy atom. The molecular weight excluding hydrogens is 214 g/mol. The summed E-state index contributed by atoms with van der Waals surface area (Å²) < 4.78 is 7.68. The molecule has 3 heteroatoms. The summed E-state index contributed by atoms with van der Waals surface area (Å²) in [6.07, 6.45) is 2.19. The maximum absolute atomic E-state index is 12.3. The number of para-hydroxylation sites is 2. The molecule has 2 heterocycles. The van der Waals surface area contributed by atoms with E-state index in [1.807, 2.05) is 54.1 Å². The van der Waals surface area contributed by atoms with E-state index in [1.165, 1.54) is 0 Å². The second kappa shape index (κ2) is 3.77. The lowest BCUT2D eigenvalue weighted by Gasteiger charge is -2.13. The maximum Gasteiger partial charge on any atom is 0.219 e. The predicted molar refractivity (Wildman–Crippen MR) is 64.8 cm³/mol. The first kappa shape index (κ1) is 10.1. The van der Waals surface area contributed by atoms with Crippen LogP contribution in [0.25, 0.3) is 5.69 Å². The SMILES string of the molecule is CCC1Oc2ccccc2-n2cccc2C1=O. The average Bonchev–Trinajstić information content (AvgIpc) is 2.80. The summed E-state index contributed by atoms with van der Waals surface area (Å²) in [5, 5.41) is 0. The molecule has 1 atom stereocenters. The van der Waals surface area contributed by atoms with Gasteiger partial charge in [0.1, 0.15) is 5.75 Å². The molecule has 0 amide bonds. The smallest absolute Gasteiger partial charge is 0.219 e. The Morgan fingerprint density at radius 2 is 2.06 bits per heavy atom. The first-order valence-corrected chi connectivity index (χ1v) is 5.79. The second-order valence-electron chi connectivity index (χ2n) is 4.11. The zero-order chi connectivity index (χ0) is 11.8. The summed E-state index contributed by atoms with van der Waals surface area (Å²) in [5.74, 6) is 0.816. The summed E-state index contributed by atoms with van der Waals surface area (Å²) >= 11 is 0. The minimum absolute atomic E-state index is 0.0497. The standard InChI is InChI=1S/C14H13NO2/c1-2-12-14(16)11-7-5-9-15(11)10-6-3-4-8-13(10)17-12/h3-9,12H,2H2,1H3. The highest BCUT2D eigenvalue weighted by Gasteiger charge is 2.27. The number of hydrogen-bond donors (Lipinski definition) is 0. The van der Waals surface area contributed by atoms with E-state index in [-0.39, 0.29) is 11.9 Å². The van der Waals surface area contributed by atoms with E-state index in [0.717, 1.165) is 11.4 Å². The van der Waals surface area contributed by atoms with Crippen molar-refractivity contribution in [2.45, 2.75) is 19.4 Å². The van der Waals surface area contributed by atoms with Gasteiger partial charge in [-0.1, -0.05) is 19.1 Å². The Labute approximate surface area is 99.6 Å². The number of carbonyl (C=O) groups is 1. The number of Topliss-reactive ketones (excluding diaryl/α,β-unsaturated/α-hetero) is 1. The lowest BCUT2D eigenvalue weighted by molar-refractivity contribution is 0.0790. The molecule has 0 saturated carbocycles. The number of hydrogen-bond acceptors (Lipinski definition) is 2. The van der Waals surface area contributed by atoms with Gasteiger partial charge >= 0.3 is 0 Å². The summed E-state index contributed by atoms with van der Waals surface area (Å²) in [6.45, 7) is 1.96. The van der Waals surface area contributed by atoms with Crippen LogP contribution < -0.4 is 4.74 Å². The van der Waals surface area contributed by atoms with Crippen molar-refractivity contribution in [1.82, 2.24) is 4.57 Å². The van der Waals surface area contributed by atoms with Gasteiger partial charge in [-0.15, -0.1) is 0 Å². The monoisotopic (exact) mass is 227 g/mol. The topological polar surface area (TPSA) is 31.2 Å². The molecule has 1 aromatic heterocycles. The first-order chi connectivity index (χ1) is 8.31. The predicted octanol–water partition coefficient (Wildman–Crippen LogP) is 2.83. The van der Waals surface area contributed by atoms with Crippen LogP contribution >= 0.6 is 0 Å². The number of aromatic nitrogens is 1. The maximum atomic E-state index is 12.3. The molecule has 0 saturated heterocycles. The molecule has 86 valence electrons. The van der Waals surface area contributed by atoms with Crippen molar-refractivity contribution in [2.75, 3.05) is 0 Å². The minimum atomic E-state index is -0.382. The average molecular weight is 227 g/mol. The van der Waals surface area contributed by atoms with E-state index in [2.05, 4.69) is 0 Å². The van der Waals surface area contributed by atoms with Crippen LogP contribution in [0, 0.1) is 0 Å². The fourth-order valence-corrected chi connectivity index (χ4v) is 2.19. The summed E-state index contributed by atoms with van der Waals surface area (Å²) in [5.41, 5.74) is 1.62. The third-order valence-corrected chi connectivity index (χ3v) is 3.06. The van der Waals surface area contributed by atoms with Gasteiger partial charge in [0.25, 0.3) is 0 Å². The zero-order valence-electron chi connectivity index (χ0n) is 9.59. The van der Waals surface area contributed by atoms with Gasteiger partial charge in [-0.3, -0.25) is 4.79 Å². The number of carbonyl (C=O) groups excluding carboxylic acids is 1. The normalized spacial score (nSPS) is 17.9. The molecule has 3 nitrogen and oxygen atoms in total. The van der Waals surface area contributed by atoms with Crippen molar-refractivity contribution in [1.29, 1.82) is 0 Å².